The summed E-state index contributed by atoms with van der Waals surface area (Å²) in [6.07, 6.45) is 4.45. The summed E-state index contributed by atoms with van der Waals surface area (Å²) in [4.78, 5) is 27.5. The highest BCUT2D eigenvalue weighted by Gasteiger charge is 2.32. The summed E-state index contributed by atoms with van der Waals surface area (Å²) >= 11 is 1.71. The first kappa shape index (κ1) is 19.3. The molecule has 2 aromatic rings. The molecule has 0 saturated heterocycles. The molecule has 1 aliphatic carbocycles. The minimum absolute atomic E-state index is 0.0493. The second kappa shape index (κ2) is 8.95. The molecule has 1 fully saturated rings. The normalized spacial score (nSPS) is 13.1. The predicted molar refractivity (Wildman–Crippen MR) is 110 cm³/mol. The average Bonchev–Trinajstić information content (AvgIpc) is 3.51. The Bertz CT molecular complexity index is 803. The number of carbonyl (C=O) groups excluding carboxylic acids is 2. The lowest BCUT2D eigenvalue weighted by atomic mass is 10.1. The van der Waals surface area contributed by atoms with Gasteiger partial charge in [0.2, 0.25) is 5.91 Å². The van der Waals surface area contributed by atoms with E-state index in [0.717, 1.165) is 24.0 Å². The molecule has 0 aliphatic heterocycles. The Labute approximate surface area is 164 Å². The quantitative estimate of drug-likeness (QED) is 0.713. The van der Waals surface area contributed by atoms with Crippen LogP contribution in [0.25, 0.3) is 0 Å². The number of benzene rings is 2. The molecule has 6 heteroatoms. The molecule has 3 rings (SSSR count). The second-order valence-corrected chi connectivity index (χ2v) is 7.57. The van der Waals surface area contributed by atoms with Gasteiger partial charge in [0.1, 0.15) is 0 Å². The Hall–Kier alpha value is -2.47. The zero-order chi connectivity index (χ0) is 19.2. The van der Waals surface area contributed by atoms with Gasteiger partial charge in [-0.25, -0.2) is 4.79 Å². The smallest absolute Gasteiger partial charge is 0.322 e. The third-order valence-electron chi connectivity index (χ3n) is 4.58. The van der Waals surface area contributed by atoms with E-state index in [2.05, 4.69) is 41.2 Å². The van der Waals surface area contributed by atoms with Crippen LogP contribution >= 0.6 is 11.8 Å². The fraction of sp³-hybridized carbons (Fsp3) is 0.333. The summed E-state index contributed by atoms with van der Waals surface area (Å²) < 4.78 is 0. The van der Waals surface area contributed by atoms with Crippen molar-refractivity contribution < 1.29 is 9.59 Å². The Kier molecular flexibility index (Phi) is 6.40. The van der Waals surface area contributed by atoms with E-state index in [-0.39, 0.29) is 11.9 Å². The minimum Gasteiger partial charge on any atom is -0.359 e. The van der Waals surface area contributed by atoms with Crippen molar-refractivity contribution in [3.05, 3.63) is 59.7 Å². The van der Waals surface area contributed by atoms with Crippen LogP contribution in [0, 0.1) is 0 Å². The number of hydrogen-bond donors (Lipinski definition) is 2. The number of likely N-dealkylation sites (N-methyl/N-ethyl adjacent to an activating group) is 1. The van der Waals surface area contributed by atoms with E-state index in [1.165, 1.54) is 4.90 Å². The van der Waals surface area contributed by atoms with Crippen molar-refractivity contribution in [1.82, 2.24) is 10.2 Å². The highest BCUT2D eigenvalue weighted by molar-refractivity contribution is 7.98. The zero-order valence-corrected chi connectivity index (χ0v) is 16.5. The molecule has 0 bridgehead atoms. The number of rotatable bonds is 7. The van der Waals surface area contributed by atoms with E-state index in [1.54, 1.807) is 18.8 Å². The largest absolute Gasteiger partial charge is 0.359 e. The van der Waals surface area contributed by atoms with Gasteiger partial charge in [-0.15, -0.1) is 11.8 Å². The van der Waals surface area contributed by atoms with E-state index in [9.17, 15) is 9.59 Å². The number of thioether (sulfide) groups is 1. The number of amides is 3. The molecule has 1 aliphatic rings. The maximum atomic E-state index is 12.8. The Morgan fingerprint density at radius 3 is 2.48 bits per heavy atom. The standard InChI is InChI=1S/C21H25N3O2S/c1-22-20(25)13-16-4-3-5-17(12-16)23-21(26)24(18-8-9-18)14-15-6-10-19(27-2)11-7-15/h3-7,10-12,18H,8-9,13-14H2,1-2H3,(H,22,25)(H,23,26). The molecular weight excluding hydrogens is 358 g/mol. The molecule has 142 valence electrons. The maximum Gasteiger partial charge on any atom is 0.322 e. The monoisotopic (exact) mass is 383 g/mol. The molecule has 0 aromatic heterocycles. The van der Waals surface area contributed by atoms with Crippen molar-refractivity contribution in [2.24, 2.45) is 0 Å². The van der Waals surface area contributed by atoms with E-state index in [4.69, 9.17) is 0 Å². The summed E-state index contributed by atoms with van der Waals surface area (Å²) in [6.45, 7) is 0.600. The lowest BCUT2D eigenvalue weighted by Crippen LogP contribution is -2.36. The summed E-state index contributed by atoms with van der Waals surface area (Å²) in [5.74, 6) is -0.0493. The molecule has 27 heavy (non-hydrogen) atoms. The van der Waals surface area contributed by atoms with Gasteiger partial charge in [0.15, 0.2) is 0 Å². The highest BCUT2D eigenvalue weighted by atomic mass is 32.2. The van der Waals surface area contributed by atoms with Gasteiger partial charge in [0, 0.05) is 30.2 Å². The first-order chi connectivity index (χ1) is 13.1. The topological polar surface area (TPSA) is 61.4 Å². The number of hydrogen-bond acceptors (Lipinski definition) is 3. The van der Waals surface area contributed by atoms with Crippen molar-refractivity contribution in [2.45, 2.75) is 36.7 Å². The summed E-state index contributed by atoms with van der Waals surface area (Å²) in [7, 11) is 1.62. The number of nitrogens with one attached hydrogen (secondary N) is 2. The van der Waals surface area contributed by atoms with Crippen molar-refractivity contribution in [1.29, 1.82) is 0 Å². The summed E-state index contributed by atoms with van der Waals surface area (Å²) in [5, 5.41) is 5.60. The number of carbonyl (C=O) groups is 2. The second-order valence-electron chi connectivity index (χ2n) is 6.69. The van der Waals surface area contributed by atoms with Crippen molar-refractivity contribution in [2.75, 3.05) is 18.6 Å². The summed E-state index contributed by atoms with van der Waals surface area (Å²) in [5.41, 5.74) is 2.71. The van der Waals surface area contributed by atoms with Crippen molar-refractivity contribution >= 4 is 29.4 Å². The van der Waals surface area contributed by atoms with E-state index in [1.807, 2.05) is 29.2 Å². The van der Waals surface area contributed by atoms with Crippen LogP contribution in [0.4, 0.5) is 10.5 Å². The molecule has 0 heterocycles. The minimum atomic E-state index is -0.0939. The number of urea groups is 1. The van der Waals surface area contributed by atoms with Gasteiger partial charge >= 0.3 is 6.03 Å². The van der Waals surface area contributed by atoms with Gasteiger partial charge in [-0.3, -0.25) is 4.79 Å². The predicted octanol–water partition coefficient (Wildman–Crippen LogP) is 3.89. The lowest BCUT2D eigenvalue weighted by Gasteiger charge is -2.23. The van der Waals surface area contributed by atoms with Gasteiger partial charge in [0.25, 0.3) is 0 Å². The lowest BCUT2D eigenvalue weighted by molar-refractivity contribution is -0.119. The van der Waals surface area contributed by atoms with Crippen LogP contribution in [0.5, 0.6) is 0 Å². The SMILES string of the molecule is CNC(=O)Cc1cccc(NC(=O)N(Cc2ccc(SC)cc2)C2CC2)c1. The van der Waals surface area contributed by atoms with E-state index < -0.39 is 0 Å². The van der Waals surface area contributed by atoms with Crippen LogP contribution in [0.3, 0.4) is 0 Å². The number of anilines is 1. The average molecular weight is 384 g/mol. The third kappa shape index (κ3) is 5.50. The first-order valence-electron chi connectivity index (χ1n) is 9.09. The molecule has 0 atom stereocenters. The maximum absolute atomic E-state index is 12.8. The molecule has 0 unspecified atom stereocenters. The van der Waals surface area contributed by atoms with Crippen LogP contribution in [0.15, 0.2) is 53.4 Å². The Morgan fingerprint density at radius 1 is 1.11 bits per heavy atom. The van der Waals surface area contributed by atoms with Gasteiger partial charge in [0.05, 0.1) is 6.42 Å². The van der Waals surface area contributed by atoms with Gasteiger partial charge in [-0.05, 0) is 54.5 Å². The van der Waals surface area contributed by atoms with Crippen LogP contribution in [0.1, 0.15) is 24.0 Å². The van der Waals surface area contributed by atoms with Crippen LogP contribution in [-0.4, -0.2) is 36.2 Å². The zero-order valence-electron chi connectivity index (χ0n) is 15.7. The van der Waals surface area contributed by atoms with Gasteiger partial charge in [-0.1, -0.05) is 24.3 Å². The Balaban J connectivity index is 1.66. The molecular formula is C21H25N3O2S. The van der Waals surface area contributed by atoms with Crippen molar-refractivity contribution in [3.8, 4) is 0 Å². The van der Waals surface area contributed by atoms with Crippen LogP contribution < -0.4 is 10.6 Å². The first-order valence-corrected chi connectivity index (χ1v) is 10.3. The molecule has 5 nitrogen and oxygen atoms in total. The number of nitrogens with zero attached hydrogens (tertiary/aromatic N) is 1. The van der Waals surface area contributed by atoms with Crippen molar-refractivity contribution in [3.63, 3.8) is 0 Å². The third-order valence-corrected chi connectivity index (χ3v) is 5.33. The van der Waals surface area contributed by atoms with E-state index >= 15 is 0 Å². The van der Waals surface area contributed by atoms with Crippen LogP contribution in [-0.2, 0) is 17.8 Å². The van der Waals surface area contributed by atoms with Gasteiger partial charge in [-0.2, -0.15) is 0 Å². The molecule has 2 aromatic carbocycles. The molecule has 1 saturated carbocycles. The van der Waals surface area contributed by atoms with Crippen LogP contribution in [0.2, 0.25) is 0 Å². The molecule has 0 spiro atoms. The molecule has 0 radical (unpaired) electrons. The fourth-order valence-electron chi connectivity index (χ4n) is 2.91. The van der Waals surface area contributed by atoms with Gasteiger partial charge < -0.3 is 15.5 Å². The fourth-order valence-corrected chi connectivity index (χ4v) is 3.32. The highest BCUT2D eigenvalue weighted by Crippen LogP contribution is 2.29. The molecule has 3 amide bonds. The summed E-state index contributed by atoms with van der Waals surface area (Å²) in [6, 6.07) is 16.0. The Morgan fingerprint density at radius 2 is 1.85 bits per heavy atom. The van der Waals surface area contributed by atoms with E-state index in [0.29, 0.717) is 24.7 Å². The molecule has 2 N–H and O–H groups in total.